The molecule has 1 aliphatic heterocycles. The minimum atomic E-state index is 0.579. The lowest BCUT2D eigenvalue weighted by molar-refractivity contribution is 0.536. The van der Waals surface area contributed by atoms with Crippen molar-refractivity contribution in [3.05, 3.63) is 52.2 Å². The molecule has 0 spiro atoms. The fourth-order valence-corrected chi connectivity index (χ4v) is 3.30. The molecule has 1 aromatic carbocycles. The summed E-state index contributed by atoms with van der Waals surface area (Å²) in [6.45, 7) is 3.03. The lowest BCUT2D eigenvalue weighted by Gasteiger charge is -2.11. The molecule has 1 saturated heterocycles. The average molecular weight is 314 g/mol. The molecule has 0 radical (unpaired) electrons. The van der Waals surface area contributed by atoms with Crippen molar-refractivity contribution in [2.45, 2.75) is 25.4 Å². The van der Waals surface area contributed by atoms with Gasteiger partial charge in [-0.1, -0.05) is 18.2 Å². The second-order valence-corrected chi connectivity index (χ2v) is 6.52. The van der Waals surface area contributed by atoms with Gasteiger partial charge >= 0.3 is 0 Å². The van der Waals surface area contributed by atoms with Gasteiger partial charge in [-0.15, -0.1) is 11.3 Å². The summed E-state index contributed by atoms with van der Waals surface area (Å²) in [4.78, 5) is 5.52. The van der Waals surface area contributed by atoms with Gasteiger partial charge in [0, 0.05) is 19.1 Å². The zero-order valence-corrected chi connectivity index (χ0v) is 13.4. The number of rotatable bonds is 6. The Bertz CT molecular complexity index is 615. The van der Waals surface area contributed by atoms with Crippen molar-refractivity contribution in [3.63, 3.8) is 0 Å². The van der Waals surface area contributed by atoms with Crippen molar-refractivity contribution >= 4 is 22.9 Å². The summed E-state index contributed by atoms with van der Waals surface area (Å²) in [6.07, 6.45) is 2.56. The number of nitrogens with zero attached hydrogens (tertiary/aromatic N) is 1. The number of aliphatic imine (C=N–C) groups is 1. The highest BCUT2D eigenvalue weighted by molar-refractivity contribution is 7.12. The van der Waals surface area contributed by atoms with Crippen molar-refractivity contribution in [1.29, 1.82) is 0 Å². The van der Waals surface area contributed by atoms with Gasteiger partial charge in [-0.25, -0.2) is 4.99 Å². The zero-order chi connectivity index (χ0) is 15.2. The first kappa shape index (κ1) is 15.2. The Labute approximate surface area is 135 Å². The second kappa shape index (κ2) is 7.54. The Morgan fingerprint density at radius 1 is 1.36 bits per heavy atom. The summed E-state index contributed by atoms with van der Waals surface area (Å²) in [5.41, 5.74) is 8.18. The van der Waals surface area contributed by atoms with Crippen molar-refractivity contribution < 1.29 is 0 Å². The largest absolute Gasteiger partial charge is 0.383 e. The topological polar surface area (TPSA) is 62.4 Å². The van der Waals surface area contributed by atoms with Crippen molar-refractivity contribution in [2.75, 3.05) is 13.1 Å². The van der Waals surface area contributed by atoms with E-state index < -0.39 is 0 Å². The molecule has 1 aromatic heterocycles. The molecule has 2 aromatic rings. The van der Waals surface area contributed by atoms with Gasteiger partial charge in [0.1, 0.15) is 5.84 Å². The first-order valence-corrected chi connectivity index (χ1v) is 8.60. The molecule has 2 heterocycles. The van der Waals surface area contributed by atoms with Crippen LogP contribution in [-0.2, 0) is 6.54 Å². The normalized spacial score (nSPS) is 18.7. The first-order valence-electron chi connectivity index (χ1n) is 7.72. The smallest absolute Gasteiger partial charge is 0.141 e. The number of benzene rings is 1. The summed E-state index contributed by atoms with van der Waals surface area (Å²) in [5.74, 6) is 0.579. The van der Waals surface area contributed by atoms with E-state index >= 15 is 0 Å². The van der Waals surface area contributed by atoms with Crippen LogP contribution in [0.25, 0.3) is 0 Å². The third-order valence-corrected chi connectivity index (χ3v) is 4.71. The number of nitrogens with two attached hydrogens (primary N) is 1. The fourth-order valence-electron chi connectivity index (χ4n) is 2.68. The van der Waals surface area contributed by atoms with E-state index in [4.69, 9.17) is 5.73 Å². The summed E-state index contributed by atoms with van der Waals surface area (Å²) < 4.78 is 0. The number of thiophene rings is 1. The van der Waals surface area contributed by atoms with Crippen LogP contribution in [0.4, 0.5) is 5.69 Å². The van der Waals surface area contributed by atoms with E-state index in [2.05, 4.69) is 27.8 Å². The molecule has 4 nitrogen and oxygen atoms in total. The van der Waals surface area contributed by atoms with Crippen LogP contribution in [0.15, 0.2) is 46.8 Å². The monoisotopic (exact) mass is 314 g/mol. The highest BCUT2D eigenvalue weighted by atomic mass is 32.1. The Morgan fingerprint density at radius 2 is 2.32 bits per heavy atom. The first-order chi connectivity index (χ1) is 10.8. The maximum absolute atomic E-state index is 6.04. The second-order valence-electron chi connectivity index (χ2n) is 5.57. The molecule has 0 unspecified atom stereocenters. The molecule has 0 saturated carbocycles. The van der Waals surface area contributed by atoms with E-state index in [0.29, 0.717) is 11.9 Å². The van der Waals surface area contributed by atoms with Gasteiger partial charge in [-0.05, 0) is 48.5 Å². The molecule has 0 aliphatic carbocycles. The molecule has 3 rings (SSSR count). The Hall–Kier alpha value is -1.69. The van der Waals surface area contributed by atoms with Crippen LogP contribution >= 0.6 is 11.3 Å². The highest BCUT2D eigenvalue weighted by Crippen LogP contribution is 2.17. The van der Waals surface area contributed by atoms with Crippen LogP contribution in [0.2, 0.25) is 0 Å². The third kappa shape index (κ3) is 4.16. The average Bonchev–Trinajstić information content (AvgIpc) is 3.21. The SMILES string of the molecule is NC(=Nc1cccc(CNC[C@@H]2CCCN2)c1)c1cccs1. The number of nitrogens with one attached hydrogen (secondary N) is 2. The number of hydrogen-bond acceptors (Lipinski definition) is 4. The molecule has 22 heavy (non-hydrogen) atoms. The Kier molecular flexibility index (Phi) is 5.21. The predicted octanol–water partition coefficient (Wildman–Crippen LogP) is 2.63. The van der Waals surface area contributed by atoms with Gasteiger partial charge in [0.15, 0.2) is 0 Å². The highest BCUT2D eigenvalue weighted by Gasteiger charge is 2.12. The van der Waals surface area contributed by atoms with E-state index in [9.17, 15) is 0 Å². The minimum Gasteiger partial charge on any atom is -0.383 e. The minimum absolute atomic E-state index is 0.579. The molecular weight excluding hydrogens is 292 g/mol. The van der Waals surface area contributed by atoms with Crippen LogP contribution in [-0.4, -0.2) is 25.0 Å². The molecule has 1 atom stereocenters. The summed E-state index contributed by atoms with van der Waals surface area (Å²) in [5, 5.41) is 9.02. The maximum Gasteiger partial charge on any atom is 0.141 e. The molecule has 1 fully saturated rings. The molecule has 0 amide bonds. The lowest BCUT2D eigenvalue weighted by Crippen LogP contribution is -2.33. The summed E-state index contributed by atoms with van der Waals surface area (Å²) in [6, 6.07) is 12.8. The van der Waals surface area contributed by atoms with E-state index in [0.717, 1.165) is 30.2 Å². The van der Waals surface area contributed by atoms with Crippen LogP contribution in [0.1, 0.15) is 23.3 Å². The van der Waals surface area contributed by atoms with Crippen molar-refractivity contribution in [1.82, 2.24) is 10.6 Å². The predicted molar refractivity (Wildman–Crippen MR) is 93.9 cm³/mol. The molecule has 0 bridgehead atoms. The summed E-state index contributed by atoms with van der Waals surface area (Å²) in [7, 11) is 0. The molecule has 4 N–H and O–H groups in total. The van der Waals surface area contributed by atoms with Crippen LogP contribution < -0.4 is 16.4 Å². The van der Waals surface area contributed by atoms with Crippen molar-refractivity contribution in [2.24, 2.45) is 10.7 Å². The van der Waals surface area contributed by atoms with Gasteiger partial charge in [-0.2, -0.15) is 0 Å². The summed E-state index contributed by atoms with van der Waals surface area (Å²) >= 11 is 1.61. The molecular formula is C17H22N4S. The maximum atomic E-state index is 6.04. The van der Waals surface area contributed by atoms with E-state index in [1.165, 1.54) is 18.4 Å². The fraction of sp³-hybridized carbons (Fsp3) is 0.353. The molecule has 1 aliphatic rings. The third-order valence-electron chi connectivity index (χ3n) is 3.82. The van der Waals surface area contributed by atoms with Gasteiger partial charge in [0.05, 0.1) is 10.6 Å². The van der Waals surface area contributed by atoms with E-state index in [1.54, 1.807) is 11.3 Å². The van der Waals surface area contributed by atoms with Gasteiger partial charge in [0.25, 0.3) is 0 Å². The standard InChI is InChI=1S/C17H22N4S/c18-17(16-7-3-9-22-16)21-14-5-1-4-13(10-14)11-19-12-15-6-2-8-20-15/h1,3-5,7,9-10,15,19-20H,2,6,8,11-12H2,(H2,18,21)/t15-/m0/s1. The number of hydrogen-bond donors (Lipinski definition) is 3. The lowest BCUT2D eigenvalue weighted by atomic mass is 10.2. The van der Waals surface area contributed by atoms with Gasteiger partial charge < -0.3 is 16.4 Å². The van der Waals surface area contributed by atoms with Crippen molar-refractivity contribution in [3.8, 4) is 0 Å². The van der Waals surface area contributed by atoms with E-state index in [-0.39, 0.29) is 0 Å². The van der Waals surface area contributed by atoms with Gasteiger partial charge in [-0.3, -0.25) is 0 Å². The van der Waals surface area contributed by atoms with Crippen LogP contribution in [0, 0.1) is 0 Å². The molecule has 5 heteroatoms. The Balaban J connectivity index is 1.58. The molecule has 116 valence electrons. The zero-order valence-electron chi connectivity index (χ0n) is 12.6. The number of amidine groups is 1. The van der Waals surface area contributed by atoms with Crippen LogP contribution in [0.5, 0.6) is 0 Å². The Morgan fingerprint density at radius 3 is 3.09 bits per heavy atom. The van der Waals surface area contributed by atoms with E-state index in [1.807, 2.05) is 29.6 Å². The quantitative estimate of drug-likeness (QED) is 0.567. The van der Waals surface area contributed by atoms with Gasteiger partial charge in [0.2, 0.25) is 0 Å². The van der Waals surface area contributed by atoms with Crippen LogP contribution in [0.3, 0.4) is 0 Å².